The molecule has 7 heterocycles. The molecule has 4 aromatic rings. The second-order valence-corrected chi connectivity index (χ2v) is 11.4. The van der Waals surface area contributed by atoms with E-state index in [1.54, 1.807) is 35.2 Å². The van der Waals surface area contributed by atoms with Crippen molar-refractivity contribution in [1.29, 1.82) is 0 Å². The fourth-order valence-corrected chi connectivity index (χ4v) is 6.40. The van der Waals surface area contributed by atoms with E-state index in [0.717, 1.165) is 50.2 Å². The lowest BCUT2D eigenvalue weighted by Gasteiger charge is -2.45. The van der Waals surface area contributed by atoms with Crippen molar-refractivity contribution in [3.63, 3.8) is 0 Å². The maximum atomic E-state index is 14.6. The first-order valence-electron chi connectivity index (χ1n) is 13.9. The number of hydrogen-bond donors (Lipinski definition) is 2. The van der Waals surface area contributed by atoms with Gasteiger partial charge in [-0.3, -0.25) is 4.79 Å². The van der Waals surface area contributed by atoms with Crippen LogP contribution in [-0.4, -0.2) is 56.1 Å². The van der Waals surface area contributed by atoms with E-state index in [9.17, 15) is 13.6 Å². The van der Waals surface area contributed by atoms with Gasteiger partial charge >= 0.3 is 0 Å². The molecule has 0 aliphatic carbocycles. The number of pyridine rings is 1. The van der Waals surface area contributed by atoms with E-state index in [2.05, 4.69) is 37.0 Å². The third-order valence-corrected chi connectivity index (χ3v) is 8.66. The van der Waals surface area contributed by atoms with Crippen LogP contribution in [0.25, 0.3) is 10.9 Å². The van der Waals surface area contributed by atoms with Crippen molar-refractivity contribution in [1.82, 2.24) is 29.7 Å². The minimum atomic E-state index is -1.01. The third kappa shape index (κ3) is 4.46. The van der Waals surface area contributed by atoms with Crippen LogP contribution in [0.3, 0.4) is 0 Å². The van der Waals surface area contributed by atoms with Crippen molar-refractivity contribution in [2.24, 2.45) is 5.41 Å². The number of nitrogens with one attached hydrogen (secondary N) is 2. The van der Waals surface area contributed by atoms with Crippen LogP contribution >= 0.6 is 0 Å². The van der Waals surface area contributed by atoms with Crippen LogP contribution in [0.5, 0.6) is 0 Å². The van der Waals surface area contributed by atoms with Crippen molar-refractivity contribution >= 4 is 16.8 Å². The van der Waals surface area contributed by atoms with E-state index in [4.69, 9.17) is 0 Å². The van der Waals surface area contributed by atoms with E-state index in [1.807, 2.05) is 13.0 Å². The van der Waals surface area contributed by atoms with Gasteiger partial charge in [0.25, 0.3) is 5.91 Å². The molecular weight excluding hydrogens is 510 g/mol. The second-order valence-electron chi connectivity index (χ2n) is 11.4. The van der Waals surface area contributed by atoms with Gasteiger partial charge in [-0.05, 0) is 76.2 Å². The summed E-state index contributed by atoms with van der Waals surface area (Å²) < 4.78 is 30.6. The smallest absolute Gasteiger partial charge is 0.270 e. The van der Waals surface area contributed by atoms with Crippen molar-refractivity contribution in [2.75, 3.05) is 19.6 Å². The molecule has 0 saturated carbocycles. The number of fused-ring (bicyclic) bond motifs is 5. The van der Waals surface area contributed by atoms with E-state index in [0.29, 0.717) is 28.0 Å². The predicted octanol–water partition coefficient (Wildman–Crippen LogP) is 4.46. The molecule has 0 spiro atoms. The standard InChI is InChI=1S/C31H30F2N6O/c1-19-13-20(5-6-31-7-10-38(11-8-31)12-9-31)14-26(35-19)30(40)37-28(29-27-15-21(32)17-39(27)18-34-29)25-16-22-23(33)3-2-4-24(22)36-25/h2-4,13-14,16,18,21,28,36H,7-12,15,17H2,1H3,(H,37,40)/t21-,28?/m1/s1. The monoisotopic (exact) mass is 540 g/mol. The molecule has 3 saturated heterocycles. The summed E-state index contributed by atoms with van der Waals surface area (Å²) in [5.74, 6) is 6.13. The molecular formula is C31H30F2N6O. The number of aromatic nitrogens is 4. The minimum absolute atomic E-state index is 0.0557. The quantitative estimate of drug-likeness (QED) is 0.375. The zero-order valence-electron chi connectivity index (χ0n) is 22.3. The Labute approximate surface area is 231 Å². The van der Waals surface area contributed by atoms with Gasteiger partial charge in [0.1, 0.15) is 23.7 Å². The molecule has 3 aromatic heterocycles. The number of alkyl halides is 1. The highest BCUT2D eigenvalue weighted by Crippen LogP contribution is 2.39. The second kappa shape index (κ2) is 9.56. The molecule has 1 aromatic carbocycles. The summed E-state index contributed by atoms with van der Waals surface area (Å²) >= 11 is 0. The van der Waals surface area contributed by atoms with Gasteiger partial charge in [-0.15, -0.1) is 0 Å². The van der Waals surface area contributed by atoms with Crippen LogP contribution in [0.4, 0.5) is 8.78 Å². The Morgan fingerprint density at radius 1 is 1.20 bits per heavy atom. The Morgan fingerprint density at radius 3 is 2.77 bits per heavy atom. The number of piperidine rings is 3. The zero-order valence-corrected chi connectivity index (χ0v) is 22.3. The van der Waals surface area contributed by atoms with E-state index in [1.165, 1.54) is 6.07 Å². The largest absolute Gasteiger partial charge is 0.356 e. The maximum Gasteiger partial charge on any atom is 0.270 e. The van der Waals surface area contributed by atoms with Crippen molar-refractivity contribution in [2.45, 2.75) is 51.4 Å². The SMILES string of the molecule is Cc1cc(C#CC23CCN(CC2)CC3)cc(C(=O)NC(c2cc3c(F)cccc3[nH]2)c2ncn3c2C[C@@H](F)C3)n1. The Morgan fingerprint density at radius 2 is 2.00 bits per heavy atom. The number of carbonyl (C=O) groups excluding carboxylic acids is 1. The molecule has 40 heavy (non-hydrogen) atoms. The van der Waals surface area contributed by atoms with Crippen molar-refractivity contribution < 1.29 is 13.6 Å². The normalized spacial score (nSPS) is 24.0. The van der Waals surface area contributed by atoms with Crippen LogP contribution < -0.4 is 5.32 Å². The third-order valence-electron chi connectivity index (χ3n) is 8.66. The van der Waals surface area contributed by atoms with Gasteiger partial charge in [-0.1, -0.05) is 17.9 Å². The Kier molecular flexibility index (Phi) is 5.97. The molecule has 2 bridgehead atoms. The van der Waals surface area contributed by atoms with Crippen LogP contribution in [0.1, 0.15) is 64.1 Å². The highest BCUT2D eigenvalue weighted by atomic mass is 19.1. The zero-order chi connectivity index (χ0) is 27.4. The molecule has 0 radical (unpaired) electrons. The van der Waals surface area contributed by atoms with Gasteiger partial charge in [0, 0.05) is 45.4 Å². The molecule has 1 amide bonds. The number of amides is 1. The lowest BCUT2D eigenvalue weighted by molar-refractivity contribution is 0.0680. The first kappa shape index (κ1) is 25.0. The van der Waals surface area contributed by atoms with Crippen molar-refractivity contribution in [3.8, 4) is 11.8 Å². The summed E-state index contributed by atoms with van der Waals surface area (Å²) in [7, 11) is 0. The number of aryl methyl sites for hydroxylation is 1. The number of carbonyl (C=O) groups is 1. The maximum absolute atomic E-state index is 14.6. The molecule has 4 aliphatic rings. The van der Waals surface area contributed by atoms with Gasteiger partial charge in [-0.2, -0.15) is 0 Å². The van der Waals surface area contributed by atoms with Gasteiger partial charge in [-0.25, -0.2) is 18.7 Å². The van der Waals surface area contributed by atoms with Crippen LogP contribution in [0.2, 0.25) is 0 Å². The number of nitrogens with zero attached hydrogens (tertiary/aromatic N) is 4. The molecule has 1 unspecified atom stereocenters. The molecule has 2 atom stereocenters. The average Bonchev–Trinajstić information content (AvgIpc) is 3.66. The molecule has 7 nitrogen and oxygen atoms in total. The number of hydrogen-bond acceptors (Lipinski definition) is 4. The Bertz CT molecular complexity index is 1670. The van der Waals surface area contributed by atoms with E-state index < -0.39 is 18.1 Å². The Hall–Kier alpha value is -4.03. The fourth-order valence-electron chi connectivity index (χ4n) is 6.40. The van der Waals surface area contributed by atoms with Gasteiger partial charge < -0.3 is 19.8 Å². The Balaban J connectivity index is 1.22. The van der Waals surface area contributed by atoms with Crippen LogP contribution in [0.15, 0.2) is 42.7 Å². The number of H-pyrrole nitrogens is 1. The fraction of sp³-hybridized carbons (Fsp3) is 0.387. The highest BCUT2D eigenvalue weighted by molar-refractivity contribution is 5.93. The number of halogens is 2. The molecule has 9 heteroatoms. The predicted molar refractivity (Wildman–Crippen MR) is 147 cm³/mol. The first-order valence-corrected chi connectivity index (χ1v) is 13.9. The minimum Gasteiger partial charge on any atom is -0.356 e. The van der Waals surface area contributed by atoms with Gasteiger partial charge in [0.05, 0.1) is 18.6 Å². The summed E-state index contributed by atoms with van der Waals surface area (Å²) in [6, 6.07) is 9.36. The molecule has 8 rings (SSSR count). The van der Waals surface area contributed by atoms with Crippen molar-refractivity contribution in [3.05, 3.63) is 82.6 Å². The number of aromatic amines is 1. The molecule has 204 valence electrons. The summed E-state index contributed by atoms with van der Waals surface area (Å²) in [5, 5.41) is 3.47. The lowest BCUT2D eigenvalue weighted by Crippen LogP contribution is -2.47. The summed E-state index contributed by atoms with van der Waals surface area (Å²) in [6.07, 6.45) is 4.04. The lowest BCUT2D eigenvalue weighted by atomic mass is 9.72. The van der Waals surface area contributed by atoms with Crippen LogP contribution in [0, 0.1) is 30.0 Å². The summed E-state index contributed by atoms with van der Waals surface area (Å²) in [6.45, 7) is 5.36. The average molecular weight is 541 g/mol. The first-order chi connectivity index (χ1) is 19.4. The highest BCUT2D eigenvalue weighted by Gasteiger charge is 2.38. The van der Waals surface area contributed by atoms with E-state index in [-0.39, 0.29) is 29.9 Å². The van der Waals surface area contributed by atoms with Gasteiger partial charge in [0.2, 0.25) is 0 Å². The molecule has 2 N–H and O–H groups in total. The summed E-state index contributed by atoms with van der Waals surface area (Å²) in [4.78, 5) is 28.5. The summed E-state index contributed by atoms with van der Waals surface area (Å²) in [5.41, 5.74) is 4.18. The van der Waals surface area contributed by atoms with Gasteiger partial charge in [0.15, 0.2) is 0 Å². The van der Waals surface area contributed by atoms with Crippen LogP contribution in [-0.2, 0) is 13.0 Å². The molecule has 4 aliphatic heterocycles. The number of imidazole rings is 1. The number of benzene rings is 1. The molecule has 3 fully saturated rings. The number of rotatable bonds is 4. The van der Waals surface area contributed by atoms with E-state index >= 15 is 0 Å². The topological polar surface area (TPSA) is 78.8 Å².